The molecule has 0 radical (unpaired) electrons. The number of rotatable bonds is 8. The summed E-state index contributed by atoms with van der Waals surface area (Å²) in [6, 6.07) is 63.4. The second-order valence-corrected chi connectivity index (χ2v) is 16.7. The second kappa shape index (κ2) is 14.1. The van der Waals surface area contributed by atoms with Gasteiger partial charge in [-0.25, -0.2) is 0 Å². The van der Waals surface area contributed by atoms with Gasteiger partial charge in [0.05, 0.1) is 11.4 Å². The summed E-state index contributed by atoms with van der Waals surface area (Å²) in [5.41, 5.74) is 12.3. The lowest BCUT2D eigenvalue weighted by atomic mass is 9.83. The molecule has 2 heteroatoms. The zero-order chi connectivity index (χ0) is 39.7. The fourth-order valence-corrected chi connectivity index (χ4v) is 9.42. The maximum absolute atomic E-state index is 2.52. The number of nitrogens with zero attached hydrogens (tertiary/aromatic N) is 2. The summed E-state index contributed by atoms with van der Waals surface area (Å²) in [5.74, 6) is 0.631. The Morgan fingerprint density at radius 3 is 1.10 bits per heavy atom. The first-order valence-electron chi connectivity index (χ1n) is 20.7. The first-order chi connectivity index (χ1) is 28.3. The summed E-state index contributed by atoms with van der Waals surface area (Å²) in [4.78, 5) is 5.00. The van der Waals surface area contributed by atoms with Crippen LogP contribution in [-0.2, 0) is 0 Å². The van der Waals surface area contributed by atoms with Gasteiger partial charge in [-0.15, -0.1) is 0 Å². The number of benzene rings is 10. The minimum Gasteiger partial charge on any atom is -0.310 e. The van der Waals surface area contributed by atoms with E-state index in [9.17, 15) is 0 Å². The van der Waals surface area contributed by atoms with E-state index in [1.807, 2.05) is 0 Å². The van der Waals surface area contributed by atoms with Crippen LogP contribution in [0.25, 0.3) is 53.9 Å². The van der Waals surface area contributed by atoms with Crippen LogP contribution < -0.4 is 9.80 Å². The van der Waals surface area contributed by atoms with Crippen LogP contribution in [0.4, 0.5) is 34.1 Å². The van der Waals surface area contributed by atoms with Crippen molar-refractivity contribution in [2.75, 3.05) is 9.80 Å². The van der Waals surface area contributed by atoms with Gasteiger partial charge >= 0.3 is 0 Å². The summed E-state index contributed by atoms with van der Waals surface area (Å²) < 4.78 is 0. The van der Waals surface area contributed by atoms with Gasteiger partial charge < -0.3 is 9.80 Å². The van der Waals surface area contributed by atoms with E-state index in [1.54, 1.807) is 0 Å². The summed E-state index contributed by atoms with van der Waals surface area (Å²) >= 11 is 0. The average molecular weight is 749 g/mol. The number of anilines is 6. The molecule has 0 unspecified atom stereocenters. The van der Waals surface area contributed by atoms with Crippen molar-refractivity contribution in [2.24, 2.45) is 0 Å². The highest BCUT2D eigenvalue weighted by Gasteiger charge is 2.26. The standard InChI is InChI=1S/C56H48N2/c1-35(2)47-33-49-53(57(51-21-13-7-15-37(51)5)43-25-23-39-17-9-11-19-41(39)31-43)30-28-46-48(36(3)4)34-50-54(29-27-45(47)55(50)56(46)49)58(52-22-14-8-16-38(52)6)44-26-24-40-18-10-12-20-42(40)32-44/h7-36H,1-6H3. The molecular weight excluding hydrogens is 701 g/mol. The lowest BCUT2D eigenvalue weighted by molar-refractivity contribution is 0.876. The van der Waals surface area contributed by atoms with Crippen molar-refractivity contribution in [3.8, 4) is 0 Å². The highest BCUT2D eigenvalue weighted by molar-refractivity contribution is 6.30. The number of fused-ring (bicyclic) bond motifs is 2. The molecule has 282 valence electrons. The summed E-state index contributed by atoms with van der Waals surface area (Å²) in [6.07, 6.45) is 0. The van der Waals surface area contributed by atoms with Crippen molar-refractivity contribution in [3.05, 3.63) is 192 Å². The van der Waals surface area contributed by atoms with Crippen LogP contribution in [0, 0.1) is 13.8 Å². The van der Waals surface area contributed by atoms with Gasteiger partial charge in [0.1, 0.15) is 0 Å². The van der Waals surface area contributed by atoms with Crippen LogP contribution in [0.3, 0.4) is 0 Å². The summed E-state index contributed by atoms with van der Waals surface area (Å²) in [6.45, 7) is 13.8. The molecule has 0 aliphatic heterocycles. The second-order valence-electron chi connectivity index (χ2n) is 16.7. The number of hydrogen-bond donors (Lipinski definition) is 0. The monoisotopic (exact) mass is 748 g/mol. The normalized spacial score (nSPS) is 11.9. The van der Waals surface area contributed by atoms with E-state index in [-0.39, 0.29) is 0 Å². The van der Waals surface area contributed by atoms with Gasteiger partial charge in [0, 0.05) is 33.5 Å². The minimum absolute atomic E-state index is 0.315. The highest BCUT2D eigenvalue weighted by Crippen LogP contribution is 2.51. The quantitative estimate of drug-likeness (QED) is 0.143. The zero-order valence-electron chi connectivity index (χ0n) is 34.2. The minimum atomic E-state index is 0.315. The van der Waals surface area contributed by atoms with E-state index in [0.717, 1.165) is 11.4 Å². The van der Waals surface area contributed by atoms with Crippen LogP contribution in [0.2, 0.25) is 0 Å². The average Bonchev–Trinajstić information content (AvgIpc) is 3.24. The molecule has 0 saturated carbocycles. The Hall–Kier alpha value is -6.64. The third kappa shape index (κ3) is 5.78. The molecule has 58 heavy (non-hydrogen) atoms. The molecular formula is C56H48N2. The summed E-state index contributed by atoms with van der Waals surface area (Å²) in [7, 11) is 0. The first-order valence-corrected chi connectivity index (χ1v) is 20.7. The van der Waals surface area contributed by atoms with Crippen molar-refractivity contribution >= 4 is 88.0 Å². The topological polar surface area (TPSA) is 6.48 Å². The third-order valence-electron chi connectivity index (χ3n) is 12.3. The molecule has 0 fully saturated rings. The Balaban J connectivity index is 1.34. The molecule has 0 saturated heterocycles. The largest absolute Gasteiger partial charge is 0.310 e. The molecule has 0 aromatic heterocycles. The van der Waals surface area contributed by atoms with E-state index >= 15 is 0 Å². The predicted molar refractivity (Wildman–Crippen MR) is 252 cm³/mol. The van der Waals surface area contributed by atoms with Gasteiger partial charge in [0.15, 0.2) is 0 Å². The van der Waals surface area contributed by atoms with E-state index < -0.39 is 0 Å². The van der Waals surface area contributed by atoms with E-state index in [2.05, 4.69) is 221 Å². The molecule has 10 aromatic rings. The van der Waals surface area contributed by atoms with E-state index in [4.69, 9.17) is 0 Å². The van der Waals surface area contributed by atoms with Gasteiger partial charge in [-0.2, -0.15) is 0 Å². The van der Waals surface area contributed by atoms with Crippen LogP contribution in [0.5, 0.6) is 0 Å². The Morgan fingerprint density at radius 2 is 0.707 bits per heavy atom. The smallest absolute Gasteiger partial charge is 0.0540 e. The highest BCUT2D eigenvalue weighted by atomic mass is 15.2. The molecule has 10 rings (SSSR count). The van der Waals surface area contributed by atoms with E-state index in [1.165, 1.54) is 98.9 Å². The van der Waals surface area contributed by atoms with Gasteiger partial charge in [-0.3, -0.25) is 0 Å². The van der Waals surface area contributed by atoms with Crippen molar-refractivity contribution in [2.45, 2.75) is 53.4 Å². The number of hydrogen-bond acceptors (Lipinski definition) is 2. The Labute approximate surface area is 341 Å². The molecule has 0 aliphatic rings. The Bertz CT molecular complexity index is 2960. The molecule has 0 aliphatic carbocycles. The van der Waals surface area contributed by atoms with Crippen molar-refractivity contribution in [1.29, 1.82) is 0 Å². The zero-order valence-corrected chi connectivity index (χ0v) is 34.2. The molecule has 0 N–H and O–H groups in total. The number of aryl methyl sites for hydroxylation is 2. The Morgan fingerprint density at radius 1 is 0.328 bits per heavy atom. The fourth-order valence-electron chi connectivity index (χ4n) is 9.42. The maximum Gasteiger partial charge on any atom is 0.0540 e. The molecule has 0 bridgehead atoms. The van der Waals surface area contributed by atoms with Crippen LogP contribution in [0.15, 0.2) is 170 Å². The maximum atomic E-state index is 2.52. The lowest BCUT2D eigenvalue weighted by Crippen LogP contribution is -2.13. The molecule has 0 spiro atoms. The molecule has 2 nitrogen and oxygen atoms in total. The number of para-hydroxylation sites is 2. The van der Waals surface area contributed by atoms with Gasteiger partial charge in [-0.05, 0) is 152 Å². The first kappa shape index (κ1) is 35.8. The van der Waals surface area contributed by atoms with E-state index in [0.29, 0.717) is 11.8 Å². The summed E-state index contributed by atoms with van der Waals surface area (Å²) in [5, 5.41) is 12.8. The fraction of sp³-hybridized carbons (Fsp3) is 0.143. The molecule has 10 aromatic carbocycles. The van der Waals surface area contributed by atoms with Crippen LogP contribution >= 0.6 is 0 Å². The SMILES string of the molecule is Cc1ccccc1N(c1ccc2ccccc2c1)c1ccc2c(C(C)C)cc3c(N(c4ccc5ccccc5c4)c4ccccc4C)ccc4c(C(C)C)cc1c2c43. The van der Waals surface area contributed by atoms with Gasteiger partial charge in [-0.1, -0.05) is 137 Å². The van der Waals surface area contributed by atoms with Crippen LogP contribution in [0.1, 0.15) is 61.8 Å². The molecule has 0 atom stereocenters. The lowest BCUT2D eigenvalue weighted by Gasteiger charge is -2.32. The van der Waals surface area contributed by atoms with Crippen LogP contribution in [-0.4, -0.2) is 0 Å². The van der Waals surface area contributed by atoms with Crippen molar-refractivity contribution < 1.29 is 0 Å². The molecule has 0 amide bonds. The third-order valence-corrected chi connectivity index (χ3v) is 12.3. The Kier molecular flexibility index (Phi) is 8.68. The molecule has 0 heterocycles. The van der Waals surface area contributed by atoms with Crippen molar-refractivity contribution in [1.82, 2.24) is 0 Å². The predicted octanol–water partition coefficient (Wildman–Crippen LogP) is 16.7. The van der Waals surface area contributed by atoms with Crippen molar-refractivity contribution in [3.63, 3.8) is 0 Å². The van der Waals surface area contributed by atoms with Gasteiger partial charge in [0.25, 0.3) is 0 Å². The van der Waals surface area contributed by atoms with Gasteiger partial charge in [0.2, 0.25) is 0 Å².